The van der Waals surface area contributed by atoms with Crippen LogP contribution in [0.2, 0.25) is 0 Å². The molecular weight excluding hydrogens is 254 g/mol. The van der Waals surface area contributed by atoms with Gasteiger partial charge in [0.25, 0.3) is 5.82 Å². The topological polar surface area (TPSA) is 57.0 Å². The molecule has 0 spiro atoms. The number of benzene rings is 1. The molecule has 0 fully saturated rings. The molecule has 1 aromatic heterocycles. The number of carbonyl (C=O) groups is 1. The Morgan fingerprint density at radius 3 is 2.60 bits per heavy atom. The molecule has 0 saturated heterocycles. The summed E-state index contributed by atoms with van der Waals surface area (Å²) in [5, 5.41) is 4.28. The zero-order valence-electron chi connectivity index (χ0n) is 12.0. The molecule has 0 bridgehead atoms. The third-order valence-electron chi connectivity index (χ3n) is 2.72. The highest BCUT2D eigenvalue weighted by molar-refractivity contribution is 5.85. The minimum Gasteiger partial charge on any atom is -0.460 e. The molecule has 2 aromatic rings. The Morgan fingerprint density at radius 2 is 2.00 bits per heavy atom. The predicted octanol–water partition coefficient (Wildman–Crippen LogP) is 2.64. The highest BCUT2D eigenvalue weighted by Crippen LogP contribution is 2.13. The molecule has 2 rings (SSSR count). The molecule has 0 aliphatic heterocycles. The van der Waals surface area contributed by atoms with Crippen LogP contribution in [0.3, 0.4) is 0 Å². The average molecular weight is 273 g/mol. The fourth-order valence-electron chi connectivity index (χ4n) is 1.90. The van der Waals surface area contributed by atoms with Crippen LogP contribution in [0.25, 0.3) is 5.69 Å². The summed E-state index contributed by atoms with van der Waals surface area (Å²) in [6, 6.07) is 9.68. The molecule has 0 N–H and O–H groups in total. The van der Waals surface area contributed by atoms with Crippen molar-refractivity contribution in [3.63, 3.8) is 0 Å². The molecule has 0 aliphatic rings. The number of ether oxygens (including phenoxy) is 1. The number of hydrogen-bond donors (Lipinski definition) is 0. The van der Waals surface area contributed by atoms with Crippen molar-refractivity contribution in [2.45, 2.75) is 27.2 Å². The monoisotopic (exact) mass is 273 g/mol. The molecule has 0 amide bonds. The average Bonchev–Trinajstić information content (AvgIpc) is 2.83. The number of aromatic nitrogens is 3. The van der Waals surface area contributed by atoms with Crippen molar-refractivity contribution in [1.29, 1.82) is 0 Å². The van der Waals surface area contributed by atoms with E-state index in [-0.39, 0.29) is 5.82 Å². The molecule has 20 heavy (non-hydrogen) atoms. The second kappa shape index (κ2) is 6.32. The van der Waals surface area contributed by atoms with E-state index in [1.165, 1.54) is 0 Å². The lowest BCUT2D eigenvalue weighted by Crippen LogP contribution is -2.07. The van der Waals surface area contributed by atoms with E-state index in [1.807, 2.05) is 30.3 Å². The number of nitrogens with zero attached hydrogens (tertiary/aromatic N) is 3. The summed E-state index contributed by atoms with van der Waals surface area (Å²) >= 11 is 0. The second-order valence-electron chi connectivity index (χ2n) is 4.92. The molecule has 0 unspecified atom stereocenters. The Morgan fingerprint density at radius 1 is 1.30 bits per heavy atom. The van der Waals surface area contributed by atoms with Gasteiger partial charge in [-0.05, 0) is 25.0 Å². The van der Waals surface area contributed by atoms with E-state index in [2.05, 4.69) is 23.9 Å². The molecule has 0 saturated carbocycles. The number of hydrogen-bond acceptors (Lipinski definition) is 4. The van der Waals surface area contributed by atoms with Gasteiger partial charge < -0.3 is 4.74 Å². The number of para-hydroxylation sites is 1. The van der Waals surface area contributed by atoms with Gasteiger partial charge in [0.1, 0.15) is 5.82 Å². The molecule has 1 heterocycles. The second-order valence-corrected chi connectivity index (χ2v) is 4.92. The van der Waals surface area contributed by atoms with E-state index in [0.29, 0.717) is 12.5 Å². The van der Waals surface area contributed by atoms with Crippen LogP contribution in [0.4, 0.5) is 0 Å². The number of carbonyl (C=O) groups excluding carboxylic acids is 1. The van der Waals surface area contributed by atoms with Crippen molar-refractivity contribution in [2.24, 2.45) is 5.92 Å². The van der Waals surface area contributed by atoms with E-state index in [9.17, 15) is 4.79 Å². The van der Waals surface area contributed by atoms with Crippen molar-refractivity contribution in [3.8, 4) is 5.69 Å². The highest BCUT2D eigenvalue weighted by Gasteiger charge is 2.18. The van der Waals surface area contributed by atoms with Crippen molar-refractivity contribution in [1.82, 2.24) is 14.8 Å². The summed E-state index contributed by atoms with van der Waals surface area (Å²) in [4.78, 5) is 16.1. The minimum atomic E-state index is -0.479. The molecule has 0 aliphatic carbocycles. The molecule has 1 aromatic carbocycles. The van der Waals surface area contributed by atoms with Gasteiger partial charge in [-0.3, -0.25) is 0 Å². The van der Waals surface area contributed by atoms with Gasteiger partial charge in [0.2, 0.25) is 0 Å². The van der Waals surface area contributed by atoms with Crippen molar-refractivity contribution >= 4 is 5.97 Å². The maximum Gasteiger partial charge on any atom is 0.378 e. The van der Waals surface area contributed by atoms with E-state index < -0.39 is 5.97 Å². The fourth-order valence-corrected chi connectivity index (χ4v) is 1.90. The summed E-state index contributed by atoms with van der Waals surface area (Å²) in [7, 11) is 0. The van der Waals surface area contributed by atoms with Crippen LogP contribution in [-0.2, 0) is 11.2 Å². The smallest absolute Gasteiger partial charge is 0.378 e. The van der Waals surface area contributed by atoms with Gasteiger partial charge in [0.15, 0.2) is 0 Å². The minimum absolute atomic E-state index is 0.117. The van der Waals surface area contributed by atoms with Gasteiger partial charge in [0, 0.05) is 6.42 Å². The van der Waals surface area contributed by atoms with Gasteiger partial charge in [-0.25, -0.2) is 14.5 Å². The molecule has 0 radical (unpaired) electrons. The maximum atomic E-state index is 11.8. The molecule has 5 heteroatoms. The first-order valence-corrected chi connectivity index (χ1v) is 6.80. The number of esters is 1. The Labute approximate surface area is 118 Å². The molecular formula is C15H19N3O2. The Balaban J connectivity index is 2.40. The highest BCUT2D eigenvalue weighted by atomic mass is 16.5. The third-order valence-corrected chi connectivity index (χ3v) is 2.72. The van der Waals surface area contributed by atoms with Gasteiger partial charge in [-0.1, -0.05) is 32.0 Å². The first-order valence-electron chi connectivity index (χ1n) is 6.80. The Kier molecular flexibility index (Phi) is 4.50. The van der Waals surface area contributed by atoms with Gasteiger partial charge >= 0.3 is 5.97 Å². The lowest BCUT2D eigenvalue weighted by atomic mass is 10.1. The molecule has 106 valence electrons. The van der Waals surface area contributed by atoms with Crippen molar-refractivity contribution < 1.29 is 9.53 Å². The van der Waals surface area contributed by atoms with Crippen LogP contribution < -0.4 is 0 Å². The van der Waals surface area contributed by atoms with E-state index >= 15 is 0 Å². The van der Waals surface area contributed by atoms with Crippen LogP contribution >= 0.6 is 0 Å². The van der Waals surface area contributed by atoms with Crippen LogP contribution in [0.15, 0.2) is 30.3 Å². The molecule has 0 atom stereocenters. The third kappa shape index (κ3) is 3.23. The van der Waals surface area contributed by atoms with E-state index in [4.69, 9.17) is 4.74 Å². The number of rotatable bonds is 5. The predicted molar refractivity (Wildman–Crippen MR) is 75.9 cm³/mol. The van der Waals surface area contributed by atoms with E-state index in [1.54, 1.807) is 11.6 Å². The van der Waals surface area contributed by atoms with E-state index in [0.717, 1.165) is 17.9 Å². The van der Waals surface area contributed by atoms with Gasteiger partial charge in [-0.15, -0.1) is 5.10 Å². The normalized spacial score (nSPS) is 10.8. The fraction of sp³-hybridized carbons (Fsp3) is 0.400. The van der Waals surface area contributed by atoms with Crippen molar-refractivity contribution in [2.75, 3.05) is 6.61 Å². The van der Waals surface area contributed by atoms with Crippen LogP contribution in [0, 0.1) is 5.92 Å². The quantitative estimate of drug-likeness (QED) is 0.786. The van der Waals surface area contributed by atoms with Crippen LogP contribution in [0.1, 0.15) is 37.2 Å². The standard InChI is InChI=1S/C15H19N3O2/c1-4-20-15(19)14-16-13(10-11(2)3)18(17-14)12-8-6-5-7-9-12/h5-9,11H,4,10H2,1-3H3. The van der Waals surface area contributed by atoms with Crippen LogP contribution in [0.5, 0.6) is 0 Å². The summed E-state index contributed by atoms with van der Waals surface area (Å²) < 4.78 is 6.67. The van der Waals surface area contributed by atoms with Crippen LogP contribution in [-0.4, -0.2) is 27.3 Å². The summed E-state index contributed by atoms with van der Waals surface area (Å²) in [5.41, 5.74) is 0.895. The summed E-state index contributed by atoms with van der Waals surface area (Å²) in [6.07, 6.45) is 0.751. The first-order chi connectivity index (χ1) is 9.61. The summed E-state index contributed by atoms with van der Waals surface area (Å²) in [5.74, 6) is 0.838. The van der Waals surface area contributed by atoms with Gasteiger partial charge in [0.05, 0.1) is 12.3 Å². The Hall–Kier alpha value is -2.17. The SMILES string of the molecule is CCOC(=O)c1nc(CC(C)C)n(-c2ccccc2)n1. The largest absolute Gasteiger partial charge is 0.460 e. The first kappa shape index (κ1) is 14.2. The van der Waals surface area contributed by atoms with Gasteiger partial charge in [-0.2, -0.15) is 0 Å². The zero-order chi connectivity index (χ0) is 14.5. The summed E-state index contributed by atoms with van der Waals surface area (Å²) in [6.45, 7) is 6.29. The zero-order valence-corrected chi connectivity index (χ0v) is 12.0. The molecule has 5 nitrogen and oxygen atoms in total. The lowest BCUT2D eigenvalue weighted by molar-refractivity contribution is 0.0512. The maximum absolute atomic E-state index is 11.8. The van der Waals surface area contributed by atoms with Crippen molar-refractivity contribution in [3.05, 3.63) is 42.0 Å². The lowest BCUT2D eigenvalue weighted by Gasteiger charge is -2.07. The Bertz CT molecular complexity index is 576.